The summed E-state index contributed by atoms with van der Waals surface area (Å²) in [5.74, 6) is 1.11. The van der Waals surface area contributed by atoms with E-state index in [9.17, 15) is 0 Å². The van der Waals surface area contributed by atoms with Gasteiger partial charge in [-0.2, -0.15) is 0 Å². The molecule has 1 aromatic carbocycles. The number of imidazole rings is 1. The van der Waals surface area contributed by atoms with Gasteiger partial charge < -0.3 is 14.9 Å². The molecular weight excluding hydrogens is 248 g/mol. The average molecular weight is 268 g/mol. The van der Waals surface area contributed by atoms with Crippen LogP contribution in [0.15, 0.2) is 30.5 Å². The van der Waals surface area contributed by atoms with Gasteiger partial charge in [0.1, 0.15) is 5.82 Å². The monoisotopic (exact) mass is 268 g/mol. The molecular formula is C16H20N4. The summed E-state index contributed by atoms with van der Waals surface area (Å²) in [6.07, 6.45) is 2.92. The molecule has 0 aliphatic carbocycles. The van der Waals surface area contributed by atoms with E-state index in [1.54, 1.807) is 0 Å². The molecule has 4 nitrogen and oxygen atoms in total. The van der Waals surface area contributed by atoms with Crippen LogP contribution >= 0.6 is 0 Å². The summed E-state index contributed by atoms with van der Waals surface area (Å²) >= 11 is 0. The third-order valence-electron chi connectivity index (χ3n) is 3.83. The van der Waals surface area contributed by atoms with Crippen LogP contribution in [0.25, 0.3) is 22.2 Å². The molecule has 104 valence electrons. The van der Waals surface area contributed by atoms with Crippen LogP contribution in [-0.4, -0.2) is 28.1 Å². The standard InChI is InChI=1S/C16H20N4/c1-11-16(12-6-4-5-7-13(12)19-11)14-10-18-15(20(14)3)8-9-17-2/h4-7,10,17,19H,8-9H2,1-3H3. The Hall–Kier alpha value is -2.07. The van der Waals surface area contributed by atoms with E-state index in [1.165, 1.54) is 27.9 Å². The van der Waals surface area contributed by atoms with Gasteiger partial charge in [0.15, 0.2) is 0 Å². The molecule has 4 heteroatoms. The largest absolute Gasteiger partial charge is 0.358 e. The van der Waals surface area contributed by atoms with Gasteiger partial charge in [0.05, 0.1) is 11.9 Å². The highest BCUT2D eigenvalue weighted by atomic mass is 15.1. The number of nitrogens with one attached hydrogen (secondary N) is 2. The van der Waals surface area contributed by atoms with E-state index >= 15 is 0 Å². The molecule has 0 fully saturated rings. The molecule has 0 aliphatic heterocycles. The maximum atomic E-state index is 4.57. The average Bonchev–Trinajstić information content (AvgIpc) is 2.96. The Bertz CT molecular complexity index is 736. The van der Waals surface area contributed by atoms with Gasteiger partial charge in [-0.25, -0.2) is 4.98 Å². The lowest BCUT2D eigenvalue weighted by Crippen LogP contribution is -2.13. The van der Waals surface area contributed by atoms with Gasteiger partial charge in [0, 0.05) is 42.2 Å². The first-order valence-electron chi connectivity index (χ1n) is 6.95. The molecule has 0 bridgehead atoms. The van der Waals surface area contributed by atoms with E-state index in [-0.39, 0.29) is 0 Å². The van der Waals surface area contributed by atoms with Crippen LogP contribution in [0.5, 0.6) is 0 Å². The summed E-state index contributed by atoms with van der Waals surface area (Å²) in [4.78, 5) is 8.02. The molecule has 3 aromatic rings. The minimum absolute atomic E-state index is 0.939. The molecule has 0 radical (unpaired) electrons. The predicted molar refractivity (Wildman–Crippen MR) is 82.9 cm³/mol. The van der Waals surface area contributed by atoms with E-state index in [1.807, 2.05) is 13.2 Å². The van der Waals surface area contributed by atoms with Crippen molar-refractivity contribution in [2.24, 2.45) is 7.05 Å². The van der Waals surface area contributed by atoms with Crippen LogP contribution in [0.4, 0.5) is 0 Å². The third-order valence-corrected chi connectivity index (χ3v) is 3.83. The minimum Gasteiger partial charge on any atom is -0.358 e. The highest BCUT2D eigenvalue weighted by Crippen LogP contribution is 2.32. The Labute approximate surface area is 118 Å². The van der Waals surface area contributed by atoms with Gasteiger partial charge in [-0.3, -0.25) is 0 Å². The molecule has 2 aromatic heterocycles. The summed E-state index contributed by atoms with van der Waals surface area (Å²) in [6, 6.07) is 8.42. The molecule has 0 spiro atoms. The van der Waals surface area contributed by atoms with Gasteiger partial charge in [0.25, 0.3) is 0 Å². The number of rotatable bonds is 4. The van der Waals surface area contributed by atoms with Crippen LogP contribution in [0.1, 0.15) is 11.5 Å². The van der Waals surface area contributed by atoms with Crippen molar-refractivity contribution in [3.05, 3.63) is 42.0 Å². The van der Waals surface area contributed by atoms with Crippen LogP contribution in [0.2, 0.25) is 0 Å². The van der Waals surface area contributed by atoms with Crippen molar-refractivity contribution in [2.45, 2.75) is 13.3 Å². The van der Waals surface area contributed by atoms with E-state index in [0.717, 1.165) is 18.8 Å². The Kier molecular flexibility index (Phi) is 3.32. The van der Waals surface area contributed by atoms with Gasteiger partial charge >= 0.3 is 0 Å². The summed E-state index contributed by atoms with van der Waals surface area (Å²) in [5.41, 5.74) is 4.80. The number of hydrogen-bond donors (Lipinski definition) is 2. The van der Waals surface area contributed by atoms with Crippen LogP contribution in [0, 0.1) is 6.92 Å². The number of nitrogens with zero attached hydrogens (tertiary/aromatic N) is 2. The summed E-state index contributed by atoms with van der Waals surface area (Å²) in [6.45, 7) is 3.06. The van der Waals surface area contributed by atoms with Gasteiger partial charge in [0.2, 0.25) is 0 Å². The SMILES string of the molecule is CNCCc1ncc(-c2c(C)[nH]c3ccccc23)n1C. The van der Waals surface area contributed by atoms with Gasteiger partial charge in [-0.1, -0.05) is 18.2 Å². The maximum absolute atomic E-state index is 4.57. The Balaban J connectivity index is 2.11. The molecule has 0 unspecified atom stereocenters. The fourth-order valence-electron chi connectivity index (χ4n) is 2.76. The van der Waals surface area contributed by atoms with Crippen molar-refractivity contribution in [3.8, 4) is 11.3 Å². The van der Waals surface area contributed by atoms with Crippen LogP contribution < -0.4 is 5.32 Å². The number of hydrogen-bond acceptors (Lipinski definition) is 2. The zero-order valence-electron chi connectivity index (χ0n) is 12.2. The Morgan fingerprint density at radius 2 is 2.10 bits per heavy atom. The second kappa shape index (κ2) is 5.13. The molecule has 0 saturated heterocycles. The molecule has 0 amide bonds. The maximum Gasteiger partial charge on any atom is 0.110 e. The fourth-order valence-corrected chi connectivity index (χ4v) is 2.76. The quantitative estimate of drug-likeness (QED) is 0.764. The number of likely N-dealkylation sites (N-methyl/N-ethyl adjacent to an activating group) is 1. The molecule has 2 heterocycles. The topological polar surface area (TPSA) is 45.6 Å². The lowest BCUT2D eigenvalue weighted by Gasteiger charge is -2.06. The number of aromatic nitrogens is 3. The van der Waals surface area contributed by atoms with E-state index in [0.29, 0.717) is 0 Å². The number of H-pyrrole nitrogens is 1. The van der Waals surface area contributed by atoms with E-state index in [4.69, 9.17) is 0 Å². The molecule has 2 N–H and O–H groups in total. The van der Waals surface area contributed by atoms with E-state index in [2.05, 4.69) is 58.1 Å². The van der Waals surface area contributed by atoms with E-state index < -0.39 is 0 Å². The summed E-state index contributed by atoms with van der Waals surface area (Å²) in [7, 11) is 4.06. The van der Waals surface area contributed by atoms with Crippen molar-refractivity contribution in [3.63, 3.8) is 0 Å². The first-order valence-corrected chi connectivity index (χ1v) is 6.95. The zero-order valence-corrected chi connectivity index (χ0v) is 12.2. The number of para-hydroxylation sites is 1. The van der Waals surface area contributed by atoms with Crippen LogP contribution in [0.3, 0.4) is 0 Å². The summed E-state index contributed by atoms with van der Waals surface area (Å²) in [5, 5.41) is 4.43. The molecule has 3 rings (SSSR count). The number of benzene rings is 1. The summed E-state index contributed by atoms with van der Waals surface area (Å²) < 4.78 is 2.19. The van der Waals surface area contributed by atoms with Crippen molar-refractivity contribution < 1.29 is 0 Å². The Morgan fingerprint density at radius 3 is 2.90 bits per heavy atom. The van der Waals surface area contributed by atoms with Crippen molar-refractivity contribution in [1.29, 1.82) is 0 Å². The highest BCUT2D eigenvalue weighted by Gasteiger charge is 2.15. The minimum atomic E-state index is 0.939. The first kappa shape index (κ1) is 12.9. The van der Waals surface area contributed by atoms with Gasteiger partial charge in [-0.15, -0.1) is 0 Å². The smallest absolute Gasteiger partial charge is 0.110 e. The lowest BCUT2D eigenvalue weighted by molar-refractivity contribution is 0.720. The number of aromatic amines is 1. The number of aryl methyl sites for hydroxylation is 1. The Morgan fingerprint density at radius 1 is 1.30 bits per heavy atom. The predicted octanol–water partition coefficient (Wildman–Crippen LogP) is 2.64. The molecule has 0 aliphatic rings. The van der Waals surface area contributed by atoms with Gasteiger partial charge in [-0.05, 0) is 20.0 Å². The zero-order chi connectivity index (χ0) is 14.1. The molecule has 20 heavy (non-hydrogen) atoms. The third kappa shape index (κ3) is 2.02. The normalized spacial score (nSPS) is 11.3. The molecule has 0 atom stereocenters. The number of fused-ring (bicyclic) bond motifs is 1. The van der Waals surface area contributed by atoms with Crippen molar-refractivity contribution in [1.82, 2.24) is 19.9 Å². The highest BCUT2D eigenvalue weighted by molar-refractivity contribution is 5.96. The van der Waals surface area contributed by atoms with Crippen LogP contribution in [-0.2, 0) is 13.5 Å². The second-order valence-corrected chi connectivity index (χ2v) is 5.14. The lowest BCUT2D eigenvalue weighted by atomic mass is 10.1. The first-order chi connectivity index (χ1) is 9.72. The van der Waals surface area contributed by atoms with Crippen molar-refractivity contribution in [2.75, 3.05) is 13.6 Å². The second-order valence-electron chi connectivity index (χ2n) is 5.14. The van der Waals surface area contributed by atoms with Crippen molar-refractivity contribution >= 4 is 10.9 Å². The fraction of sp³-hybridized carbons (Fsp3) is 0.312. The molecule has 0 saturated carbocycles.